The molecule has 2 bridgehead atoms. The number of rotatable bonds is 0. The first-order valence-corrected chi connectivity index (χ1v) is 6.54. The molecule has 3 aliphatic rings. The fourth-order valence-corrected chi connectivity index (χ4v) is 4.60. The Bertz CT molecular complexity index is 274. The minimum Gasteiger partial charge on any atom is -0.312 e. The molecule has 2 heteroatoms. The van der Waals surface area contributed by atoms with Crippen molar-refractivity contribution in [2.24, 2.45) is 16.7 Å². The van der Waals surface area contributed by atoms with E-state index in [0.717, 1.165) is 12.0 Å². The number of fused-ring (bicyclic) bond motifs is 5. The topological polar surface area (TPSA) is 24.1 Å². The van der Waals surface area contributed by atoms with Crippen LogP contribution >= 0.6 is 0 Å². The predicted octanol–water partition coefficient (Wildman–Crippen LogP) is 1.76. The zero-order valence-corrected chi connectivity index (χ0v) is 10.3. The van der Waals surface area contributed by atoms with Crippen molar-refractivity contribution in [3.63, 3.8) is 0 Å². The van der Waals surface area contributed by atoms with Crippen molar-refractivity contribution < 1.29 is 0 Å². The summed E-state index contributed by atoms with van der Waals surface area (Å²) >= 11 is 0. The van der Waals surface area contributed by atoms with Crippen LogP contribution in [0.2, 0.25) is 0 Å². The maximum atomic E-state index is 3.81. The molecule has 2 nitrogen and oxygen atoms in total. The molecular weight excluding hydrogens is 184 g/mol. The van der Waals surface area contributed by atoms with Gasteiger partial charge in [0.15, 0.2) is 0 Å². The lowest BCUT2D eigenvalue weighted by Gasteiger charge is -2.40. The third-order valence-electron chi connectivity index (χ3n) is 5.95. The molecule has 0 spiro atoms. The van der Waals surface area contributed by atoms with Crippen molar-refractivity contribution in [3.8, 4) is 0 Å². The number of hydrogen-bond acceptors (Lipinski definition) is 2. The van der Waals surface area contributed by atoms with E-state index in [9.17, 15) is 0 Å². The van der Waals surface area contributed by atoms with Crippen molar-refractivity contribution in [3.05, 3.63) is 0 Å². The second-order valence-electron chi connectivity index (χ2n) is 6.55. The standard InChI is InChI=1S/C13H24N2/c1-12(2)9-5-6-13(12,3)11-10(9)14-7-4-8-15-11/h9-11,14-15H,4-8H2,1-3H3/t9-,10-,11-,13+/m1/s1. The Morgan fingerprint density at radius 1 is 1.07 bits per heavy atom. The van der Waals surface area contributed by atoms with Gasteiger partial charge in [-0.15, -0.1) is 0 Å². The molecule has 2 aliphatic carbocycles. The molecule has 3 fully saturated rings. The summed E-state index contributed by atoms with van der Waals surface area (Å²) in [5.74, 6) is 0.887. The van der Waals surface area contributed by atoms with Gasteiger partial charge in [0.1, 0.15) is 0 Å². The molecule has 0 amide bonds. The quantitative estimate of drug-likeness (QED) is 0.634. The van der Waals surface area contributed by atoms with Crippen LogP contribution in [0.3, 0.4) is 0 Å². The van der Waals surface area contributed by atoms with Gasteiger partial charge in [0.25, 0.3) is 0 Å². The Balaban J connectivity index is 1.99. The third-order valence-corrected chi connectivity index (χ3v) is 5.95. The van der Waals surface area contributed by atoms with Gasteiger partial charge >= 0.3 is 0 Å². The van der Waals surface area contributed by atoms with Gasteiger partial charge in [-0.1, -0.05) is 20.8 Å². The first kappa shape index (κ1) is 10.1. The summed E-state index contributed by atoms with van der Waals surface area (Å²) in [5.41, 5.74) is 1.03. The fraction of sp³-hybridized carbons (Fsp3) is 1.00. The first-order valence-electron chi connectivity index (χ1n) is 6.54. The normalized spacial score (nSPS) is 52.6. The molecule has 15 heavy (non-hydrogen) atoms. The van der Waals surface area contributed by atoms with E-state index in [1.807, 2.05) is 0 Å². The van der Waals surface area contributed by atoms with Gasteiger partial charge in [0.05, 0.1) is 0 Å². The zero-order valence-electron chi connectivity index (χ0n) is 10.3. The second kappa shape index (κ2) is 2.98. The molecule has 0 unspecified atom stereocenters. The van der Waals surface area contributed by atoms with Crippen LogP contribution in [0, 0.1) is 16.7 Å². The number of nitrogens with one attached hydrogen (secondary N) is 2. The highest BCUT2D eigenvalue weighted by Crippen LogP contribution is 2.65. The highest BCUT2D eigenvalue weighted by molar-refractivity contribution is 5.19. The van der Waals surface area contributed by atoms with Crippen LogP contribution in [0.15, 0.2) is 0 Å². The molecule has 0 aromatic heterocycles. The van der Waals surface area contributed by atoms with Gasteiger partial charge in [-0.3, -0.25) is 0 Å². The van der Waals surface area contributed by atoms with Crippen LogP contribution in [-0.2, 0) is 0 Å². The van der Waals surface area contributed by atoms with E-state index < -0.39 is 0 Å². The van der Waals surface area contributed by atoms with E-state index in [1.54, 1.807) is 0 Å². The molecule has 0 aromatic carbocycles. The predicted molar refractivity (Wildman–Crippen MR) is 62.8 cm³/mol. The van der Waals surface area contributed by atoms with Crippen LogP contribution < -0.4 is 10.6 Å². The van der Waals surface area contributed by atoms with Gasteiger partial charge in [0, 0.05) is 12.1 Å². The minimum atomic E-state index is 0.514. The Labute approximate surface area is 93.2 Å². The summed E-state index contributed by atoms with van der Waals surface area (Å²) in [6.45, 7) is 9.90. The molecule has 0 aromatic rings. The molecule has 1 saturated heterocycles. The lowest BCUT2D eigenvalue weighted by molar-refractivity contribution is 0.121. The lowest BCUT2D eigenvalue weighted by atomic mass is 9.69. The fourth-order valence-electron chi connectivity index (χ4n) is 4.60. The molecular formula is C13H24N2. The van der Waals surface area contributed by atoms with E-state index in [2.05, 4.69) is 31.4 Å². The Kier molecular flexibility index (Phi) is 2.01. The molecule has 3 rings (SSSR count). The smallest absolute Gasteiger partial charge is 0.0283 e. The van der Waals surface area contributed by atoms with Crippen LogP contribution in [-0.4, -0.2) is 25.2 Å². The van der Waals surface area contributed by atoms with Gasteiger partial charge < -0.3 is 10.6 Å². The monoisotopic (exact) mass is 208 g/mol. The Morgan fingerprint density at radius 2 is 1.80 bits per heavy atom. The highest BCUT2D eigenvalue weighted by Gasteiger charge is 2.65. The summed E-state index contributed by atoms with van der Waals surface area (Å²) < 4.78 is 0. The van der Waals surface area contributed by atoms with E-state index in [-0.39, 0.29) is 0 Å². The molecule has 1 aliphatic heterocycles. The summed E-state index contributed by atoms with van der Waals surface area (Å²) in [6.07, 6.45) is 4.14. The van der Waals surface area contributed by atoms with E-state index in [0.29, 0.717) is 16.9 Å². The van der Waals surface area contributed by atoms with Gasteiger partial charge in [-0.05, 0) is 49.1 Å². The maximum absolute atomic E-state index is 3.81. The van der Waals surface area contributed by atoms with E-state index >= 15 is 0 Å². The summed E-state index contributed by atoms with van der Waals surface area (Å²) in [7, 11) is 0. The molecule has 4 atom stereocenters. The summed E-state index contributed by atoms with van der Waals surface area (Å²) in [4.78, 5) is 0. The van der Waals surface area contributed by atoms with Crippen LogP contribution in [0.5, 0.6) is 0 Å². The highest BCUT2D eigenvalue weighted by atomic mass is 15.1. The molecule has 0 radical (unpaired) electrons. The van der Waals surface area contributed by atoms with Crippen molar-refractivity contribution in [1.29, 1.82) is 0 Å². The number of hydrogen-bond donors (Lipinski definition) is 2. The SMILES string of the molecule is CC1(C)[C@@H]2CC[C@@]1(C)[C@@H]1NCCCN[C@H]21. The summed E-state index contributed by atoms with van der Waals surface area (Å²) in [5, 5.41) is 7.60. The Hall–Kier alpha value is -0.0800. The average Bonchev–Trinajstić information content (AvgIpc) is 2.49. The maximum Gasteiger partial charge on any atom is 0.0283 e. The van der Waals surface area contributed by atoms with Crippen molar-refractivity contribution in [1.82, 2.24) is 10.6 Å². The zero-order chi connectivity index (χ0) is 10.7. The molecule has 2 saturated carbocycles. The van der Waals surface area contributed by atoms with Crippen molar-refractivity contribution in [2.75, 3.05) is 13.1 Å². The van der Waals surface area contributed by atoms with Crippen molar-refractivity contribution >= 4 is 0 Å². The van der Waals surface area contributed by atoms with Gasteiger partial charge in [-0.25, -0.2) is 0 Å². The molecule has 1 heterocycles. The van der Waals surface area contributed by atoms with Gasteiger partial charge in [0.2, 0.25) is 0 Å². The second-order valence-corrected chi connectivity index (χ2v) is 6.55. The molecule has 86 valence electrons. The first-order chi connectivity index (χ1) is 7.07. The minimum absolute atomic E-state index is 0.514. The van der Waals surface area contributed by atoms with E-state index in [1.165, 1.54) is 32.4 Å². The van der Waals surface area contributed by atoms with Crippen LogP contribution in [0.1, 0.15) is 40.0 Å². The Morgan fingerprint density at radius 3 is 2.60 bits per heavy atom. The van der Waals surface area contributed by atoms with Crippen LogP contribution in [0.25, 0.3) is 0 Å². The lowest BCUT2D eigenvalue weighted by Crippen LogP contribution is -2.52. The largest absolute Gasteiger partial charge is 0.312 e. The molecule has 2 N–H and O–H groups in total. The van der Waals surface area contributed by atoms with Crippen LogP contribution in [0.4, 0.5) is 0 Å². The summed E-state index contributed by atoms with van der Waals surface area (Å²) in [6, 6.07) is 1.45. The third kappa shape index (κ3) is 1.07. The van der Waals surface area contributed by atoms with E-state index in [4.69, 9.17) is 0 Å². The van der Waals surface area contributed by atoms with Crippen molar-refractivity contribution in [2.45, 2.75) is 52.1 Å². The van der Waals surface area contributed by atoms with Gasteiger partial charge in [-0.2, -0.15) is 0 Å². The average molecular weight is 208 g/mol.